The van der Waals surface area contributed by atoms with Gasteiger partial charge in [-0.05, 0) is 25.3 Å². The van der Waals surface area contributed by atoms with Gasteiger partial charge in [0.25, 0.3) is 10.2 Å². The monoisotopic (exact) mass is 451 g/mol. The van der Waals surface area contributed by atoms with Crippen LogP contribution in [0.5, 0.6) is 0 Å². The number of hydrogen-bond acceptors (Lipinski definition) is 6. The van der Waals surface area contributed by atoms with Crippen molar-refractivity contribution >= 4 is 27.9 Å². The quantitative estimate of drug-likeness (QED) is 0.378. The molecule has 31 heavy (non-hydrogen) atoms. The average molecular weight is 452 g/mol. The molecule has 4 unspecified atom stereocenters. The third-order valence-electron chi connectivity index (χ3n) is 7.56. The first-order chi connectivity index (χ1) is 14.8. The fraction of sp³-hybridized carbons (Fsp3) is 0.750. The number of piperazine rings is 2. The van der Waals surface area contributed by atoms with E-state index in [4.69, 9.17) is 0 Å². The maximum atomic E-state index is 12.9. The van der Waals surface area contributed by atoms with Crippen molar-refractivity contribution in [3.63, 3.8) is 0 Å². The van der Waals surface area contributed by atoms with Crippen molar-refractivity contribution in [2.45, 2.75) is 6.42 Å². The number of rotatable bonds is 4. The van der Waals surface area contributed by atoms with Gasteiger partial charge < -0.3 is 9.80 Å². The minimum absolute atomic E-state index is 0.120. The number of imide groups is 1. The zero-order valence-corrected chi connectivity index (χ0v) is 18.5. The van der Waals surface area contributed by atoms with Crippen molar-refractivity contribution in [3.05, 3.63) is 12.2 Å². The summed E-state index contributed by atoms with van der Waals surface area (Å²) in [6, 6.07) is 0. The summed E-state index contributed by atoms with van der Waals surface area (Å²) in [6.45, 7) is 3.08. The predicted octanol–water partition coefficient (Wildman–Crippen LogP) is -1.57. The molecule has 0 radical (unpaired) electrons. The number of amides is 3. The van der Waals surface area contributed by atoms with Crippen LogP contribution in [-0.4, -0.2) is 115 Å². The summed E-state index contributed by atoms with van der Waals surface area (Å²) in [4.78, 5) is 43.2. The van der Waals surface area contributed by atoms with E-state index in [1.54, 1.807) is 4.90 Å². The van der Waals surface area contributed by atoms with Crippen molar-refractivity contribution in [2.24, 2.45) is 23.7 Å². The summed E-state index contributed by atoms with van der Waals surface area (Å²) < 4.78 is 28.7. The van der Waals surface area contributed by atoms with Crippen LogP contribution in [-0.2, 0) is 24.6 Å². The molecular weight excluding hydrogens is 422 g/mol. The molecule has 0 aromatic rings. The molecule has 11 heteroatoms. The Labute approximate surface area is 182 Å². The van der Waals surface area contributed by atoms with E-state index in [2.05, 4.69) is 4.90 Å². The first-order valence-corrected chi connectivity index (χ1v) is 12.4. The molecule has 0 aromatic carbocycles. The van der Waals surface area contributed by atoms with E-state index in [0.29, 0.717) is 26.2 Å². The zero-order chi connectivity index (χ0) is 21.9. The SMILES string of the molecule is CN1CCN(S(=O)(=O)N2CCN(C(=O)CN3C(=O)C4C5C=CC(C5)C4C3=O)CC2)CC1. The van der Waals surface area contributed by atoms with Crippen LogP contribution in [0.3, 0.4) is 0 Å². The number of hydrogen-bond donors (Lipinski definition) is 0. The Bertz CT molecular complexity index is 890. The van der Waals surface area contributed by atoms with E-state index in [1.165, 1.54) is 8.61 Å². The standard InChI is InChI=1S/C20H29N5O5S/c1-21-4-8-23(9-5-21)31(29,30)24-10-6-22(7-11-24)16(26)13-25-19(27)17-14-2-3-15(12-14)18(17)20(25)28/h2-3,14-15,17-18H,4-13H2,1H3. The van der Waals surface area contributed by atoms with Gasteiger partial charge in [0.05, 0.1) is 11.8 Å². The van der Waals surface area contributed by atoms with E-state index in [1.807, 2.05) is 19.2 Å². The van der Waals surface area contributed by atoms with Crippen LogP contribution in [0.15, 0.2) is 12.2 Å². The smallest absolute Gasteiger partial charge is 0.282 e. The minimum atomic E-state index is -3.54. The lowest BCUT2D eigenvalue weighted by molar-refractivity contribution is -0.147. The second kappa shape index (κ2) is 7.65. The van der Waals surface area contributed by atoms with Crippen LogP contribution in [0.25, 0.3) is 0 Å². The highest BCUT2D eigenvalue weighted by Crippen LogP contribution is 2.52. The Balaban J connectivity index is 1.17. The van der Waals surface area contributed by atoms with E-state index >= 15 is 0 Å². The molecular formula is C20H29N5O5S. The summed E-state index contributed by atoms with van der Waals surface area (Å²) in [5.41, 5.74) is 0. The second-order valence-corrected chi connectivity index (χ2v) is 11.2. The summed E-state index contributed by atoms with van der Waals surface area (Å²) in [5.74, 6) is -1.11. The van der Waals surface area contributed by atoms with Gasteiger partial charge in [-0.15, -0.1) is 0 Å². The first-order valence-electron chi connectivity index (χ1n) is 11.0. The fourth-order valence-electron chi connectivity index (χ4n) is 5.71. The molecule has 3 saturated heterocycles. The molecule has 4 atom stereocenters. The maximum Gasteiger partial charge on any atom is 0.282 e. The minimum Gasteiger partial charge on any atom is -0.338 e. The topological polar surface area (TPSA) is 102 Å². The van der Waals surface area contributed by atoms with Gasteiger partial charge in [-0.1, -0.05) is 12.2 Å². The van der Waals surface area contributed by atoms with Gasteiger partial charge >= 0.3 is 0 Å². The van der Waals surface area contributed by atoms with Gasteiger partial charge in [-0.3, -0.25) is 19.3 Å². The average Bonchev–Trinajstić information content (AvgIpc) is 3.44. The molecule has 3 heterocycles. The number of fused-ring (bicyclic) bond motifs is 5. The Morgan fingerprint density at radius 1 is 0.871 bits per heavy atom. The van der Waals surface area contributed by atoms with E-state index in [9.17, 15) is 22.8 Å². The predicted molar refractivity (Wildman–Crippen MR) is 111 cm³/mol. The molecule has 5 aliphatic rings. The maximum absolute atomic E-state index is 12.9. The van der Waals surface area contributed by atoms with Crippen LogP contribution in [0.2, 0.25) is 0 Å². The zero-order valence-electron chi connectivity index (χ0n) is 17.7. The van der Waals surface area contributed by atoms with Crippen LogP contribution < -0.4 is 0 Å². The van der Waals surface area contributed by atoms with Gasteiger partial charge in [0.15, 0.2) is 0 Å². The van der Waals surface area contributed by atoms with Crippen molar-refractivity contribution in [2.75, 3.05) is 66.0 Å². The van der Waals surface area contributed by atoms with E-state index < -0.39 is 10.2 Å². The number of allylic oxidation sites excluding steroid dienone is 2. The van der Waals surface area contributed by atoms with Crippen LogP contribution in [0.1, 0.15) is 6.42 Å². The third-order valence-corrected chi connectivity index (χ3v) is 9.60. The number of carbonyl (C=O) groups excluding carboxylic acids is 3. The van der Waals surface area contributed by atoms with Crippen molar-refractivity contribution < 1.29 is 22.8 Å². The first kappa shape index (κ1) is 21.0. The van der Waals surface area contributed by atoms with Crippen LogP contribution in [0.4, 0.5) is 0 Å². The molecule has 1 saturated carbocycles. The molecule has 5 rings (SSSR count). The van der Waals surface area contributed by atoms with Crippen molar-refractivity contribution in [1.82, 2.24) is 23.3 Å². The van der Waals surface area contributed by atoms with Gasteiger partial charge in [0.2, 0.25) is 17.7 Å². The highest BCUT2D eigenvalue weighted by atomic mass is 32.2. The third kappa shape index (κ3) is 3.42. The number of carbonyl (C=O) groups is 3. The Morgan fingerprint density at radius 2 is 1.35 bits per heavy atom. The van der Waals surface area contributed by atoms with Gasteiger partial charge in [0, 0.05) is 52.4 Å². The van der Waals surface area contributed by atoms with Gasteiger partial charge in [-0.25, -0.2) is 0 Å². The molecule has 2 bridgehead atoms. The van der Waals surface area contributed by atoms with Crippen molar-refractivity contribution in [1.29, 1.82) is 0 Å². The highest BCUT2D eigenvalue weighted by molar-refractivity contribution is 7.86. The van der Waals surface area contributed by atoms with Gasteiger partial charge in [0.1, 0.15) is 6.54 Å². The molecule has 0 spiro atoms. The number of likely N-dealkylation sites (tertiary alicyclic amines) is 1. The summed E-state index contributed by atoms with van der Waals surface area (Å²) in [7, 11) is -1.57. The van der Waals surface area contributed by atoms with E-state index in [-0.39, 0.29) is 74.1 Å². The lowest BCUT2D eigenvalue weighted by Gasteiger charge is -2.39. The molecule has 170 valence electrons. The molecule has 0 aromatic heterocycles. The number of likely N-dealkylation sites (N-methyl/N-ethyl adjacent to an activating group) is 1. The Hall–Kier alpha value is -1.82. The van der Waals surface area contributed by atoms with E-state index in [0.717, 1.165) is 11.3 Å². The molecule has 4 fully saturated rings. The largest absolute Gasteiger partial charge is 0.338 e. The molecule has 10 nitrogen and oxygen atoms in total. The number of nitrogens with zero attached hydrogens (tertiary/aromatic N) is 5. The summed E-state index contributed by atoms with van der Waals surface area (Å²) in [6.07, 6.45) is 4.92. The van der Waals surface area contributed by atoms with Gasteiger partial charge in [-0.2, -0.15) is 17.0 Å². The Kier molecular flexibility index (Phi) is 5.19. The summed E-state index contributed by atoms with van der Waals surface area (Å²) >= 11 is 0. The lowest BCUT2D eigenvalue weighted by Crippen LogP contribution is -2.58. The highest BCUT2D eigenvalue weighted by Gasteiger charge is 2.59. The summed E-state index contributed by atoms with van der Waals surface area (Å²) in [5, 5.41) is 0. The van der Waals surface area contributed by atoms with Crippen LogP contribution >= 0.6 is 0 Å². The Morgan fingerprint density at radius 3 is 1.87 bits per heavy atom. The van der Waals surface area contributed by atoms with Crippen LogP contribution in [0, 0.1) is 23.7 Å². The molecule has 3 aliphatic heterocycles. The molecule has 0 N–H and O–H groups in total. The fourth-order valence-corrected chi connectivity index (χ4v) is 7.28. The molecule has 2 aliphatic carbocycles. The lowest BCUT2D eigenvalue weighted by atomic mass is 9.85. The normalized spacial score (nSPS) is 34.7. The second-order valence-electron chi connectivity index (χ2n) is 9.25. The van der Waals surface area contributed by atoms with Crippen molar-refractivity contribution in [3.8, 4) is 0 Å². The molecule has 3 amide bonds.